The summed E-state index contributed by atoms with van der Waals surface area (Å²) >= 11 is -1.91. The molecule has 12 rings (SSSR count). The molecule has 2 aliphatic rings. The number of hydrogen-bond acceptors (Lipinski definition) is 8. The third-order valence-corrected chi connectivity index (χ3v) is 42.8. The number of carbonyl (C=O) groups is 3. The van der Waals surface area contributed by atoms with Crippen LogP contribution in [-0.4, -0.2) is 62.0 Å². The molecule has 10 aromatic carbocycles. The van der Waals surface area contributed by atoms with Crippen LogP contribution < -0.4 is 15.1 Å². The number of hydrogen-bond donors (Lipinski definition) is 3. The molecule has 2 aliphatic carbocycles. The van der Waals surface area contributed by atoms with Gasteiger partial charge in [-0.2, -0.15) is 0 Å². The van der Waals surface area contributed by atoms with Gasteiger partial charge in [0.15, 0.2) is 11.6 Å². The molecule has 0 saturated carbocycles. The van der Waals surface area contributed by atoms with Gasteiger partial charge in [-0.05, 0) is 92.3 Å². The fourth-order valence-corrected chi connectivity index (χ4v) is 36.2. The molecular formula is C81H76BiCl2NO5S2. The Morgan fingerprint density at radius 1 is 0.478 bits per heavy atom. The van der Waals surface area contributed by atoms with Gasteiger partial charge < -0.3 is 20.3 Å². The Morgan fingerprint density at radius 3 is 1.29 bits per heavy atom. The summed E-state index contributed by atoms with van der Waals surface area (Å²) in [6.45, 7) is 4.15. The molecule has 92 heavy (non-hydrogen) atoms. The summed E-state index contributed by atoms with van der Waals surface area (Å²) in [7, 11) is 16.8. The summed E-state index contributed by atoms with van der Waals surface area (Å²) in [4.78, 5) is 38.8. The zero-order valence-corrected chi connectivity index (χ0v) is 58.4. The molecule has 0 fully saturated rings. The number of ketones is 2. The number of allylic oxidation sites excluding steroid dienone is 4. The number of para-hydroxylation sites is 1. The molecule has 2 unspecified atom stereocenters. The molecule has 0 bridgehead atoms. The summed E-state index contributed by atoms with van der Waals surface area (Å²) in [5, 5.41) is 23.6. The first kappa shape index (κ1) is 67.2. The third-order valence-electron chi connectivity index (χ3n) is 16.7. The summed E-state index contributed by atoms with van der Waals surface area (Å²) in [6, 6.07) is 90.4. The fraction of sp³-hybridized carbons (Fsp3) is 0.173. The van der Waals surface area contributed by atoms with Crippen LogP contribution in [0.25, 0.3) is 39.0 Å². The van der Waals surface area contributed by atoms with Gasteiger partial charge in [-0.3, -0.25) is 9.59 Å². The number of thioether (sulfide) groups is 2. The number of halogens is 2. The number of benzene rings is 10. The van der Waals surface area contributed by atoms with Gasteiger partial charge in [-0.1, -0.05) is 83.9 Å². The van der Waals surface area contributed by atoms with Crippen molar-refractivity contribution in [2.45, 2.75) is 74.6 Å². The van der Waals surface area contributed by atoms with E-state index in [-0.39, 0.29) is 29.0 Å². The van der Waals surface area contributed by atoms with E-state index in [1.165, 1.54) is 27.0 Å². The van der Waals surface area contributed by atoms with E-state index < -0.39 is 22.4 Å². The predicted molar refractivity (Wildman–Crippen MR) is 391 cm³/mol. The van der Waals surface area contributed by atoms with Crippen molar-refractivity contribution in [2.75, 3.05) is 16.8 Å². The average Bonchev–Trinajstić information content (AvgIpc) is 0.696. The monoisotopic (exact) mass is 1490 g/mol. The second-order valence-electron chi connectivity index (χ2n) is 23.5. The number of Topliss-reactive ketones (excluding diaryl/α,β-unsaturated/α-hetero) is 1. The predicted octanol–water partition coefficient (Wildman–Crippen LogP) is 19.1. The Morgan fingerprint density at radius 2 is 0.870 bits per heavy atom. The van der Waals surface area contributed by atoms with Crippen LogP contribution in [-0.2, 0) is 20.8 Å². The van der Waals surface area contributed by atoms with Crippen molar-refractivity contribution in [3.05, 3.63) is 307 Å². The van der Waals surface area contributed by atoms with Crippen LogP contribution in [0.1, 0.15) is 60.8 Å². The maximum atomic E-state index is 13.2. The van der Waals surface area contributed by atoms with Crippen LogP contribution in [0.2, 0.25) is 0 Å². The summed E-state index contributed by atoms with van der Waals surface area (Å²) in [6.07, 6.45) is 6.78. The Labute approximate surface area is 559 Å². The number of aliphatic hydroxyl groups excluding tert-OH is 2. The van der Waals surface area contributed by atoms with Gasteiger partial charge in [-0.25, -0.2) is 0 Å². The van der Waals surface area contributed by atoms with Crippen LogP contribution in [0.15, 0.2) is 294 Å². The van der Waals surface area contributed by atoms with Crippen molar-refractivity contribution in [1.82, 2.24) is 0 Å². The number of rotatable bonds is 20. The molecule has 10 aromatic rings. The number of carbonyl (C=O) groups excluding carboxylic acids is 3. The number of anilines is 1. The van der Waals surface area contributed by atoms with Gasteiger partial charge in [0.25, 0.3) is 0 Å². The fourth-order valence-electron chi connectivity index (χ4n) is 12.0. The normalized spacial score (nSPS) is 15.5. The molecule has 0 heterocycles. The molecule has 3 atom stereocenters. The second kappa shape index (κ2) is 32.2. The van der Waals surface area contributed by atoms with Crippen LogP contribution in [0.5, 0.6) is 0 Å². The number of aryl methyl sites for hydroxylation is 2. The van der Waals surface area contributed by atoms with Crippen LogP contribution in [0, 0.1) is 25.7 Å². The van der Waals surface area contributed by atoms with Crippen molar-refractivity contribution < 1.29 is 24.6 Å². The van der Waals surface area contributed by atoms with Gasteiger partial charge in [0.1, 0.15) is 12.0 Å². The summed E-state index contributed by atoms with van der Waals surface area (Å²) in [5.74, 6) is 2.74. The third kappa shape index (κ3) is 17.1. The van der Waals surface area contributed by atoms with E-state index >= 15 is 0 Å². The number of nitrogens with one attached hydrogen (secondary N) is 1. The van der Waals surface area contributed by atoms with Crippen LogP contribution in [0.3, 0.4) is 0 Å². The van der Waals surface area contributed by atoms with Gasteiger partial charge in [0.05, 0.1) is 17.4 Å². The molecule has 3 N–H and O–H groups in total. The molecular weight excluding hydrogens is 1410 g/mol. The van der Waals surface area contributed by atoms with Crippen molar-refractivity contribution in [1.29, 1.82) is 0 Å². The van der Waals surface area contributed by atoms with E-state index in [1.54, 1.807) is 11.8 Å². The maximum absolute atomic E-state index is 13.2. The quantitative estimate of drug-likeness (QED) is 0.0394. The molecule has 11 heteroatoms. The molecule has 466 valence electrons. The first-order valence-corrected chi connectivity index (χ1v) is 47.0. The van der Waals surface area contributed by atoms with Crippen molar-refractivity contribution in [3.8, 4) is 33.4 Å². The number of aliphatic hydroxyl groups is 2. The van der Waals surface area contributed by atoms with Crippen LogP contribution in [0.4, 0.5) is 5.69 Å². The van der Waals surface area contributed by atoms with Crippen molar-refractivity contribution >= 4 is 95.9 Å². The summed E-state index contributed by atoms with van der Waals surface area (Å²) < 4.78 is 3.05. The standard InChI is InChI=1S/C30H31NO3S.C15H18O2S.3C12H9.Bi.2ClH/c1-21-11-13-25(14-12-21)35-16-15-23-18-28(33)30(29(34)19-23)26-9-5-6-10-27(26)31-24(20-32)17-22-7-3-2-4-8-22;1-11-2-4-15(5-3-11)18-7-6-12-8-13(16)10-14(17)9-12;3*1-3-7-11(8-4-1)12-9-5-2-6-10-12;;;/h2-14,20,23-24,31,33H,15-19H2,1H3;2-5,10,12,16H,6-9H2,1H3;3*1-9H;;2*1H/q;;;;;+2;;/p-2/t23?,24-;;;;;;;/m0......./s1. The van der Waals surface area contributed by atoms with Gasteiger partial charge in [-0.15, -0.1) is 23.5 Å². The van der Waals surface area contributed by atoms with E-state index in [1.807, 2.05) is 84.6 Å². The van der Waals surface area contributed by atoms with E-state index in [2.05, 4.69) is 213 Å². The summed E-state index contributed by atoms with van der Waals surface area (Å²) in [5.41, 5.74) is 11.8. The van der Waals surface area contributed by atoms with E-state index in [0.717, 1.165) is 79.4 Å². The first-order chi connectivity index (χ1) is 44.7. The van der Waals surface area contributed by atoms with E-state index in [4.69, 9.17) is 17.0 Å². The molecule has 0 saturated heterocycles. The Bertz CT molecular complexity index is 3960. The molecule has 0 radical (unpaired) electrons. The van der Waals surface area contributed by atoms with E-state index in [9.17, 15) is 24.6 Å². The Kier molecular flexibility index (Phi) is 23.5. The van der Waals surface area contributed by atoms with Crippen LogP contribution >= 0.6 is 40.5 Å². The van der Waals surface area contributed by atoms with Gasteiger partial charge in [0.2, 0.25) is 0 Å². The molecule has 0 spiro atoms. The Hall–Kier alpha value is -7.75. The van der Waals surface area contributed by atoms with E-state index in [0.29, 0.717) is 54.8 Å². The molecule has 0 aliphatic heterocycles. The zero-order valence-electron chi connectivity index (χ0n) is 51.8. The average molecular weight is 1490 g/mol. The molecule has 0 aromatic heterocycles. The topological polar surface area (TPSA) is 104 Å². The molecule has 6 nitrogen and oxygen atoms in total. The zero-order chi connectivity index (χ0) is 64.3. The first-order valence-electron chi connectivity index (χ1n) is 31.3. The minimum atomic E-state index is -5.50. The molecule has 0 amide bonds. The Balaban J connectivity index is 0.000000161. The van der Waals surface area contributed by atoms with Crippen molar-refractivity contribution in [3.63, 3.8) is 0 Å². The van der Waals surface area contributed by atoms with Gasteiger partial charge in [0, 0.05) is 52.8 Å². The van der Waals surface area contributed by atoms with Gasteiger partial charge >= 0.3 is 240 Å². The second-order valence-corrected chi connectivity index (χ2v) is 51.9. The minimum absolute atomic E-state index is 0.0425. The number of aldehydes is 1. The SMILES string of the molecule is Cc1ccc(SCCC2CC(=O)C(c3ccccc3N[C@H](C=O)Cc3ccccc3)=C(O)C2)cc1.Cc1ccc(SCCC2CC(=O)C=C(O)C2)cc1.[Cl][Bi]([Cl])([c]1ccccc1-c1ccccc1)([c]1ccccc1-c1ccccc1)[c]1ccccc1-c1ccccc1. The van der Waals surface area contributed by atoms with Crippen molar-refractivity contribution in [2.24, 2.45) is 11.8 Å².